The van der Waals surface area contributed by atoms with E-state index in [1.807, 2.05) is 41.3 Å². The molecule has 0 radical (unpaired) electrons. The Balaban J connectivity index is 1.49. The summed E-state index contributed by atoms with van der Waals surface area (Å²) in [5, 5.41) is 2.87. The average molecular weight is 322 g/mol. The molecule has 1 aliphatic heterocycles. The van der Waals surface area contributed by atoms with Gasteiger partial charge < -0.3 is 10.2 Å². The average Bonchev–Trinajstić information content (AvgIpc) is 2.95. The van der Waals surface area contributed by atoms with Crippen molar-refractivity contribution < 1.29 is 9.59 Å². The third-order valence-corrected chi connectivity index (χ3v) is 4.36. The molecule has 0 spiro atoms. The molecule has 124 valence electrons. The molecule has 0 aliphatic carbocycles. The smallest absolute Gasteiger partial charge is 0.251 e. The molecule has 1 heterocycles. The SMILES string of the molecule is CC1Cc2ccccc2N1C(=O)CCCNC(=O)c1ccccc1. The van der Waals surface area contributed by atoms with Crippen LogP contribution < -0.4 is 10.2 Å². The van der Waals surface area contributed by atoms with Gasteiger partial charge in [0.2, 0.25) is 5.91 Å². The van der Waals surface area contributed by atoms with Crippen molar-refractivity contribution in [3.8, 4) is 0 Å². The maximum Gasteiger partial charge on any atom is 0.251 e. The van der Waals surface area contributed by atoms with Gasteiger partial charge in [-0.15, -0.1) is 0 Å². The number of carbonyl (C=O) groups is 2. The number of para-hydroxylation sites is 1. The van der Waals surface area contributed by atoms with Gasteiger partial charge in [0.15, 0.2) is 0 Å². The Morgan fingerprint density at radius 2 is 1.79 bits per heavy atom. The summed E-state index contributed by atoms with van der Waals surface area (Å²) in [7, 11) is 0. The third-order valence-electron chi connectivity index (χ3n) is 4.36. The summed E-state index contributed by atoms with van der Waals surface area (Å²) >= 11 is 0. The van der Waals surface area contributed by atoms with E-state index in [0.717, 1.165) is 12.1 Å². The highest BCUT2D eigenvalue weighted by atomic mass is 16.2. The van der Waals surface area contributed by atoms with Crippen LogP contribution in [0.1, 0.15) is 35.7 Å². The van der Waals surface area contributed by atoms with Gasteiger partial charge >= 0.3 is 0 Å². The Labute approximate surface area is 142 Å². The first-order valence-corrected chi connectivity index (χ1v) is 8.40. The van der Waals surface area contributed by atoms with E-state index in [9.17, 15) is 9.59 Å². The highest BCUT2D eigenvalue weighted by molar-refractivity contribution is 5.96. The van der Waals surface area contributed by atoms with Crippen molar-refractivity contribution in [1.29, 1.82) is 0 Å². The van der Waals surface area contributed by atoms with Crippen molar-refractivity contribution in [2.75, 3.05) is 11.4 Å². The van der Waals surface area contributed by atoms with Gasteiger partial charge in [-0.25, -0.2) is 0 Å². The molecule has 2 amide bonds. The second kappa shape index (κ2) is 7.30. The number of hydrogen-bond acceptors (Lipinski definition) is 2. The monoisotopic (exact) mass is 322 g/mol. The lowest BCUT2D eigenvalue weighted by molar-refractivity contribution is -0.119. The molecule has 0 saturated heterocycles. The molecule has 3 rings (SSSR count). The summed E-state index contributed by atoms with van der Waals surface area (Å²) in [5.41, 5.74) is 2.91. The fourth-order valence-corrected chi connectivity index (χ4v) is 3.20. The van der Waals surface area contributed by atoms with Crippen LogP contribution in [0.25, 0.3) is 0 Å². The van der Waals surface area contributed by atoms with E-state index in [0.29, 0.717) is 24.9 Å². The molecule has 0 saturated carbocycles. The second-order valence-corrected chi connectivity index (χ2v) is 6.17. The molecule has 1 atom stereocenters. The van der Waals surface area contributed by atoms with Crippen LogP contribution >= 0.6 is 0 Å². The Hall–Kier alpha value is -2.62. The molecule has 0 aromatic heterocycles. The first-order chi connectivity index (χ1) is 11.7. The number of hydrogen-bond donors (Lipinski definition) is 1. The highest BCUT2D eigenvalue weighted by Gasteiger charge is 2.29. The van der Waals surface area contributed by atoms with Gasteiger partial charge in [-0.3, -0.25) is 9.59 Å². The Kier molecular flexibility index (Phi) is 4.94. The Morgan fingerprint density at radius 1 is 1.08 bits per heavy atom. The van der Waals surface area contributed by atoms with Gasteiger partial charge in [0.1, 0.15) is 0 Å². The number of nitrogens with one attached hydrogen (secondary N) is 1. The number of amides is 2. The van der Waals surface area contributed by atoms with Crippen LogP contribution in [0.3, 0.4) is 0 Å². The molecule has 4 nitrogen and oxygen atoms in total. The number of carbonyl (C=O) groups excluding carboxylic acids is 2. The number of anilines is 1. The maximum atomic E-state index is 12.5. The molecule has 24 heavy (non-hydrogen) atoms. The Bertz CT molecular complexity index is 727. The van der Waals surface area contributed by atoms with Crippen molar-refractivity contribution >= 4 is 17.5 Å². The largest absolute Gasteiger partial charge is 0.352 e. The van der Waals surface area contributed by atoms with Gasteiger partial charge in [0, 0.05) is 30.3 Å². The van der Waals surface area contributed by atoms with Gasteiger partial charge in [-0.2, -0.15) is 0 Å². The van der Waals surface area contributed by atoms with Crippen LogP contribution in [-0.4, -0.2) is 24.4 Å². The van der Waals surface area contributed by atoms with Crippen molar-refractivity contribution in [2.45, 2.75) is 32.2 Å². The molecule has 1 aliphatic rings. The molecule has 2 aromatic carbocycles. The summed E-state index contributed by atoms with van der Waals surface area (Å²) < 4.78 is 0. The van der Waals surface area contributed by atoms with Crippen molar-refractivity contribution in [3.63, 3.8) is 0 Å². The van der Waals surface area contributed by atoms with Crippen LogP contribution in [0.5, 0.6) is 0 Å². The third kappa shape index (κ3) is 3.48. The number of rotatable bonds is 5. The van der Waals surface area contributed by atoms with E-state index in [2.05, 4.69) is 18.3 Å². The standard InChI is InChI=1S/C20H22N2O2/c1-15-14-17-10-5-6-11-18(17)22(15)19(23)12-7-13-21-20(24)16-8-3-2-4-9-16/h2-6,8-11,15H,7,12-14H2,1H3,(H,21,24). The van der Waals surface area contributed by atoms with Crippen LogP contribution in [0, 0.1) is 0 Å². The first kappa shape index (κ1) is 16.2. The van der Waals surface area contributed by atoms with E-state index >= 15 is 0 Å². The molecule has 1 unspecified atom stereocenters. The summed E-state index contributed by atoms with van der Waals surface area (Å²) in [6, 6.07) is 17.4. The lowest BCUT2D eigenvalue weighted by Crippen LogP contribution is -2.36. The summed E-state index contributed by atoms with van der Waals surface area (Å²) in [6.07, 6.45) is 1.99. The van der Waals surface area contributed by atoms with E-state index < -0.39 is 0 Å². The molecule has 2 aromatic rings. The van der Waals surface area contributed by atoms with Gasteiger partial charge in [-0.05, 0) is 43.5 Å². The minimum atomic E-state index is -0.0945. The second-order valence-electron chi connectivity index (χ2n) is 6.17. The lowest BCUT2D eigenvalue weighted by atomic mass is 10.1. The molecule has 0 fully saturated rings. The summed E-state index contributed by atoms with van der Waals surface area (Å²) in [6.45, 7) is 2.58. The normalized spacial score (nSPS) is 15.9. The van der Waals surface area contributed by atoms with Gasteiger partial charge in [-0.1, -0.05) is 36.4 Å². The Morgan fingerprint density at radius 3 is 2.58 bits per heavy atom. The molecular formula is C20H22N2O2. The van der Waals surface area contributed by atoms with E-state index in [4.69, 9.17) is 0 Å². The van der Waals surface area contributed by atoms with E-state index in [-0.39, 0.29) is 17.9 Å². The van der Waals surface area contributed by atoms with Crippen molar-refractivity contribution in [3.05, 3.63) is 65.7 Å². The fraction of sp³-hybridized carbons (Fsp3) is 0.300. The fourth-order valence-electron chi connectivity index (χ4n) is 3.20. The van der Waals surface area contributed by atoms with Crippen LogP contribution in [0.4, 0.5) is 5.69 Å². The zero-order valence-corrected chi connectivity index (χ0v) is 13.9. The van der Waals surface area contributed by atoms with Crippen LogP contribution in [-0.2, 0) is 11.2 Å². The van der Waals surface area contributed by atoms with E-state index in [1.165, 1.54) is 5.56 Å². The highest BCUT2D eigenvalue weighted by Crippen LogP contribution is 2.32. The number of nitrogens with zero attached hydrogens (tertiary/aromatic N) is 1. The molecular weight excluding hydrogens is 300 g/mol. The van der Waals surface area contributed by atoms with Crippen molar-refractivity contribution in [1.82, 2.24) is 5.32 Å². The molecule has 4 heteroatoms. The van der Waals surface area contributed by atoms with Crippen molar-refractivity contribution in [2.24, 2.45) is 0 Å². The predicted molar refractivity (Wildman–Crippen MR) is 95.1 cm³/mol. The number of benzene rings is 2. The van der Waals surface area contributed by atoms with E-state index in [1.54, 1.807) is 12.1 Å². The van der Waals surface area contributed by atoms with Gasteiger partial charge in [0.25, 0.3) is 5.91 Å². The zero-order valence-electron chi connectivity index (χ0n) is 13.9. The summed E-state index contributed by atoms with van der Waals surface area (Å²) in [5.74, 6) is 0.0318. The molecule has 0 bridgehead atoms. The maximum absolute atomic E-state index is 12.5. The molecule has 1 N–H and O–H groups in total. The minimum Gasteiger partial charge on any atom is -0.352 e. The number of fused-ring (bicyclic) bond motifs is 1. The predicted octanol–water partition coefficient (Wildman–Crippen LogP) is 3.17. The summed E-state index contributed by atoms with van der Waals surface area (Å²) in [4.78, 5) is 26.4. The zero-order chi connectivity index (χ0) is 16.9. The van der Waals surface area contributed by atoms with Gasteiger partial charge in [0.05, 0.1) is 0 Å². The topological polar surface area (TPSA) is 49.4 Å². The minimum absolute atomic E-state index is 0.0945. The van der Waals surface area contributed by atoms with Crippen LogP contribution in [0.2, 0.25) is 0 Å². The van der Waals surface area contributed by atoms with Crippen LogP contribution in [0.15, 0.2) is 54.6 Å². The quantitative estimate of drug-likeness (QED) is 0.860. The first-order valence-electron chi connectivity index (χ1n) is 8.40. The lowest BCUT2D eigenvalue weighted by Gasteiger charge is -2.22.